The van der Waals surface area contributed by atoms with Crippen molar-refractivity contribution in [2.24, 2.45) is 0 Å². The third kappa shape index (κ3) is 3.94. The highest BCUT2D eigenvalue weighted by Gasteiger charge is 2.17. The monoisotopic (exact) mass is 233 g/mol. The molecule has 74 valence electrons. The molecule has 0 atom stereocenters. The van der Waals surface area contributed by atoms with Crippen molar-refractivity contribution in [2.45, 2.75) is 6.92 Å². The second-order valence-corrected chi connectivity index (χ2v) is 5.19. The smallest absolute Gasteiger partial charge is 0.212 e. The number of halogens is 2. The maximum atomic E-state index is 11.3. The van der Waals surface area contributed by atoms with E-state index in [-0.39, 0.29) is 5.75 Å². The van der Waals surface area contributed by atoms with Crippen molar-refractivity contribution < 1.29 is 8.42 Å². The second-order valence-electron chi connectivity index (χ2n) is 2.18. The SMILES string of the molecule is CCS(=O)(=O)N(CCCl)CCCl. The van der Waals surface area contributed by atoms with Gasteiger partial charge in [-0.3, -0.25) is 0 Å². The Balaban J connectivity index is 4.28. The van der Waals surface area contributed by atoms with Gasteiger partial charge in [0.2, 0.25) is 10.0 Å². The van der Waals surface area contributed by atoms with Crippen LogP contribution in [0.25, 0.3) is 0 Å². The van der Waals surface area contributed by atoms with Gasteiger partial charge in [0.05, 0.1) is 5.75 Å². The van der Waals surface area contributed by atoms with Crippen LogP contribution in [0.15, 0.2) is 0 Å². The average molecular weight is 234 g/mol. The molecule has 0 aliphatic heterocycles. The largest absolute Gasteiger partial charge is 0.213 e. The summed E-state index contributed by atoms with van der Waals surface area (Å²) in [7, 11) is -3.12. The van der Waals surface area contributed by atoms with E-state index in [0.717, 1.165) is 0 Å². The predicted octanol–water partition coefficient (Wildman–Crippen LogP) is 1.12. The van der Waals surface area contributed by atoms with Gasteiger partial charge in [0.25, 0.3) is 0 Å². The van der Waals surface area contributed by atoms with Gasteiger partial charge in [-0.25, -0.2) is 8.42 Å². The lowest BCUT2D eigenvalue weighted by atomic mass is 10.6. The molecule has 12 heavy (non-hydrogen) atoms. The fourth-order valence-electron chi connectivity index (χ4n) is 0.761. The minimum absolute atomic E-state index is 0.0980. The number of alkyl halides is 2. The maximum absolute atomic E-state index is 11.3. The van der Waals surface area contributed by atoms with E-state index >= 15 is 0 Å². The summed E-state index contributed by atoms with van der Waals surface area (Å²) in [6.07, 6.45) is 0. The third-order valence-electron chi connectivity index (χ3n) is 1.43. The van der Waals surface area contributed by atoms with Crippen LogP contribution in [-0.4, -0.2) is 43.3 Å². The minimum Gasteiger partial charge on any atom is -0.212 e. The van der Waals surface area contributed by atoms with Gasteiger partial charge < -0.3 is 0 Å². The lowest BCUT2D eigenvalue weighted by molar-refractivity contribution is 0.449. The zero-order valence-corrected chi connectivity index (χ0v) is 9.29. The number of rotatable bonds is 6. The fourth-order valence-corrected chi connectivity index (χ4v) is 2.47. The van der Waals surface area contributed by atoms with Crippen LogP contribution in [0.2, 0.25) is 0 Å². The molecule has 3 nitrogen and oxygen atoms in total. The summed E-state index contributed by atoms with van der Waals surface area (Å²) in [4.78, 5) is 0. The second kappa shape index (κ2) is 6.02. The molecule has 0 heterocycles. The highest BCUT2D eigenvalue weighted by molar-refractivity contribution is 7.89. The van der Waals surface area contributed by atoms with Crippen LogP contribution < -0.4 is 0 Å². The number of nitrogens with zero attached hydrogens (tertiary/aromatic N) is 1. The summed E-state index contributed by atoms with van der Waals surface area (Å²) in [6, 6.07) is 0. The normalized spacial score (nSPS) is 12.3. The van der Waals surface area contributed by atoms with E-state index in [2.05, 4.69) is 0 Å². The van der Waals surface area contributed by atoms with Crippen molar-refractivity contribution in [3.63, 3.8) is 0 Å². The maximum Gasteiger partial charge on any atom is 0.213 e. The van der Waals surface area contributed by atoms with Crippen molar-refractivity contribution >= 4 is 33.2 Å². The van der Waals surface area contributed by atoms with Crippen LogP contribution >= 0.6 is 23.2 Å². The highest BCUT2D eigenvalue weighted by atomic mass is 35.5. The molecule has 0 fully saturated rings. The van der Waals surface area contributed by atoms with Crippen LogP contribution in [-0.2, 0) is 10.0 Å². The lowest BCUT2D eigenvalue weighted by Gasteiger charge is -2.18. The first kappa shape index (κ1) is 12.5. The molecule has 0 spiro atoms. The molecule has 0 N–H and O–H groups in total. The Morgan fingerprint density at radius 2 is 1.58 bits per heavy atom. The predicted molar refractivity (Wildman–Crippen MR) is 52.5 cm³/mol. The molecule has 0 saturated heterocycles. The molecule has 0 aliphatic carbocycles. The van der Waals surface area contributed by atoms with E-state index in [0.29, 0.717) is 24.8 Å². The quantitative estimate of drug-likeness (QED) is 0.646. The van der Waals surface area contributed by atoms with Crippen LogP contribution in [0.1, 0.15) is 6.92 Å². The molecule has 0 saturated carbocycles. The van der Waals surface area contributed by atoms with E-state index in [1.165, 1.54) is 4.31 Å². The molecule has 0 amide bonds. The van der Waals surface area contributed by atoms with E-state index in [9.17, 15) is 8.42 Å². The van der Waals surface area contributed by atoms with Gasteiger partial charge in [0, 0.05) is 24.8 Å². The third-order valence-corrected chi connectivity index (χ3v) is 3.65. The molecular formula is C6H13Cl2NO2S. The van der Waals surface area contributed by atoms with Gasteiger partial charge in [-0.1, -0.05) is 0 Å². The Labute approximate surface area is 83.7 Å². The molecule has 0 aliphatic rings. The van der Waals surface area contributed by atoms with Crippen molar-refractivity contribution in [3.05, 3.63) is 0 Å². The Bertz CT molecular complexity index is 200. The molecule has 0 aromatic heterocycles. The summed E-state index contributed by atoms with van der Waals surface area (Å²) in [5.41, 5.74) is 0. The Kier molecular flexibility index (Phi) is 6.27. The Morgan fingerprint density at radius 1 is 1.17 bits per heavy atom. The first-order chi connectivity index (χ1) is 5.58. The highest BCUT2D eigenvalue weighted by Crippen LogP contribution is 2.01. The topological polar surface area (TPSA) is 37.4 Å². The number of hydrogen-bond donors (Lipinski definition) is 0. The van der Waals surface area contributed by atoms with Crippen LogP contribution in [0.5, 0.6) is 0 Å². The van der Waals surface area contributed by atoms with Gasteiger partial charge in [-0.2, -0.15) is 4.31 Å². The van der Waals surface area contributed by atoms with E-state index in [1.807, 2.05) is 0 Å². The van der Waals surface area contributed by atoms with Crippen molar-refractivity contribution in [1.29, 1.82) is 0 Å². The fraction of sp³-hybridized carbons (Fsp3) is 1.00. The molecule has 6 heteroatoms. The molecule has 0 aromatic carbocycles. The minimum atomic E-state index is -3.12. The molecule has 0 radical (unpaired) electrons. The lowest BCUT2D eigenvalue weighted by Crippen LogP contribution is -2.35. The van der Waals surface area contributed by atoms with Crippen molar-refractivity contribution in [3.8, 4) is 0 Å². The Hall–Kier alpha value is 0.490. The van der Waals surface area contributed by atoms with E-state index < -0.39 is 10.0 Å². The van der Waals surface area contributed by atoms with Crippen LogP contribution in [0.3, 0.4) is 0 Å². The zero-order valence-electron chi connectivity index (χ0n) is 6.96. The first-order valence-corrected chi connectivity index (χ1v) is 6.36. The zero-order chi connectivity index (χ0) is 9.61. The van der Waals surface area contributed by atoms with E-state index in [4.69, 9.17) is 23.2 Å². The summed E-state index contributed by atoms with van der Waals surface area (Å²) in [5.74, 6) is 0.701. The number of sulfonamides is 1. The Morgan fingerprint density at radius 3 is 1.83 bits per heavy atom. The standard InChI is InChI=1S/C6H13Cl2NO2S/c1-2-12(10,11)9(5-3-7)6-4-8/h2-6H2,1H3. The van der Waals surface area contributed by atoms with Gasteiger partial charge in [0.1, 0.15) is 0 Å². The summed E-state index contributed by atoms with van der Waals surface area (Å²) >= 11 is 10.9. The average Bonchev–Trinajstić information content (AvgIpc) is 2.04. The molecule has 0 unspecified atom stereocenters. The molecule has 0 rings (SSSR count). The van der Waals surface area contributed by atoms with Gasteiger partial charge >= 0.3 is 0 Å². The van der Waals surface area contributed by atoms with Gasteiger partial charge in [-0.05, 0) is 6.92 Å². The van der Waals surface area contributed by atoms with Gasteiger partial charge in [-0.15, -0.1) is 23.2 Å². The molecule has 0 bridgehead atoms. The summed E-state index contributed by atoms with van der Waals surface area (Å²) in [5, 5.41) is 0. The van der Waals surface area contributed by atoms with Crippen LogP contribution in [0.4, 0.5) is 0 Å². The summed E-state index contributed by atoms with van der Waals surface area (Å²) in [6.45, 7) is 2.28. The molecule has 0 aromatic rings. The van der Waals surface area contributed by atoms with E-state index in [1.54, 1.807) is 6.92 Å². The van der Waals surface area contributed by atoms with Crippen molar-refractivity contribution in [1.82, 2.24) is 4.31 Å². The number of hydrogen-bond acceptors (Lipinski definition) is 2. The van der Waals surface area contributed by atoms with Crippen LogP contribution in [0, 0.1) is 0 Å². The molecular weight excluding hydrogens is 221 g/mol. The van der Waals surface area contributed by atoms with Gasteiger partial charge in [0.15, 0.2) is 0 Å². The first-order valence-electron chi connectivity index (χ1n) is 3.68. The summed E-state index contributed by atoms with van der Waals surface area (Å²) < 4.78 is 23.9. The van der Waals surface area contributed by atoms with Crippen molar-refractivity contribution in [2.75, 3.05) is 30.6 Å².